The maximum atomic E-state index is 11.5. The second-order valence-electron chi connectivity index (χ2n) is 4.98. The van der Waals surface area contributed by atoms with Gasteiger partial charge in [-0.25, -0.2) is 0 Å². The SMILES string of the molecule is N#C/C=C1/CCC(=O)CCC1=C1CCCCC1. The van der Waals surface area contributed by atoms with Crippen LogP contribution in [0, 0.1) is 11.3 Å². The lowest BCUT2D eigenvalue weighted by Gasteiger charge is -2.19. The molecular weight excluding hydrogens is 210 g/mol. The van der Waals surface area contributed by atoms with Gasteiger partial charge in [-0.2, -0.15) is 5.26 Å². The van der Waals surface area contributed by atoms with Crippen molar-refractivity contribution in [2.24, 2.45) is 0 Å². The Hall–Kier alpha value is -1.36. The third-order valence-corrected chi connectivity index (χ3v) is 3.84. The lowest BCUT2D eigenvalue weighted by atomic mass is 9.86. The number of Topliss-reactive ketones (excluding diaryl/α,β-unsaturated/α-hetero) is 1. The predicted octanol–water partition coefficient (Wildman–Crippen LogP) is 3.84. The molecule has 0 amide bonds. The van der Waals surface area contributed by atoms with Crippen LogP contribution >= 0.6 is 0 Å². The molecule has 0 saturated heterocycles. The Kier molecular flexibility index (Phi) is 4.14. The molecule has 2 heteroatoms. The molecule has 0 spiro atoms. The first-order valence-corrected chi connectivity index (χ1v) is 6.63. The quantitative estimate of drug-likeness (QED) is 0.467. The average Bonchev–Trinajstić information content (AvgIpc) is 2.54. The molecule has 0 aliphatic heterocycles. The molecule has 0 aromatic heterocycles. The molecular formula is C15H19NO. The minimum absolute atomic E-state index is 0.347. The highest BCUT2D eigenvalue weighted by atomic mass is 16.1. The van der Waals surface area contributed by atoms with E-state index >= 15 is 0 Å². The molecule has 0 aromatic carbocycles. The molecule has 2 aliphatic rings. The lowest BCUT2D eigenvalue weighted by molar-refractivity contribution is -0.118. The van der Waals surface area contributed by atoms with E-state index in [-0.39, 0.29) is 0 Å². The van der Waals surface area contributed by atoms with Crippen molar-refractivity contribution in [2.75, 3.05) is 0 Å². The molecule has 90 valence electrons. The van der Waals surface area contributed by atoms with Crippen molar-refractivity contribution in [1.29, 1.82) is 5.26 Å². The summed E-state index contributed by atoms with van der Waals surface area (Å²) in [5, 5.41) is 8.86. The number of carbonyl (C=O) groups is 1. The molecule has 2 fully saturated rings. The molecule has 0 N–H and O–H groups in total. The van der Waals surface area contributed by atoms with Gasteiger partial charge in [0.15, 0.2) is 0 Å². The smallest absolute Gasteiger partial charge is 0.133 e. The Balaban J connectivity index is 2.29. The molecule has 2 rings (SSSR count). The highest BCUT2D eigenvalue weighted by Crippen LogP contribution is 2.34. The van der Waals surface area contributed by atoms with E-state index < -0.39 is 0 Å². The number of nitrogens with zero attached hydrogens (tertiary/aromatic N) is 1. The third kappa shape index (κ3) is 3.06. The fourth-order valence-electron chi connectivity index (χ4n) is 2.90. The van der Waals surface area contributed by atoms with Crippen LogP contribution in [0.5, 0.6) is 0 Å². The van der Waals surface area contributed by atoms with Gasteiger partial charge in [0.25, 0.3) is 0 Å². The van der Waals surface area contributed by atoms with E-state index in [4.69, 9.17) is 5.26 Å². The van der Waals surface area contributed by atoms with Gasteiger partial charge >= 0.3 is 0 Å². The van der Waals surface area contributed by atoms with Crippen LogP contribution in [0.3, 0.4) is 0 Å². The van der Waals surface area contributed by atoms with E-state index in [2.05, 4.69) is 6.07 Å². The summed E-state index contributed by atoms with van der Waals surface area (Å²) in [6.07, 6.45) is 10.8. The van der Waals surface area contributed by atoms with E-state index in [1.54, 1.807) is 6.08 Å². The van der Waals surface area contributed by atoms with Gasteiger partial charge in [0.05, 0.1) is 6.07 Å². The lowest BCUT2D eigenvalue weighted by Crippen LogP contribution is -2.01. The monoisotopic (exact) mass is 229 g/mol. The minimum atomic E-state index is 0.347. The molecule has 0 aromatic rings. The molecule has 0 atom stereocenters. The van der Waals surface area contributed by atoms with Crippen molar-refractivity contribution >= 4 is 5.78 Å². The van der Waals surface area contributed by atoms with Crippen LogP contribution in [-0.2, 0) is 4.79 Å². The normalized spacial score (nSPS) is 24.6. The Bertz CT molecular complexity index is 401. The highest BCUT2D eigenvalue weighted by molar-refractivity contribution is 5.80. The third-order valence-electron chi connectivity index (χ3n) is 3.84. The first-order chi connectivity index (χ1) is 8.31. The van der Waals surface area contributed by atoms with Crippen LogP contribution < -0.4 is 0 Å². The predicted molar refractivity (Wildman–Crippen MR) is 67.3 cm³/mol. The van der Waals surface area contributed by atoms with E-state index in [1.165, 1.54) is 43.3 Å². The van der Waals surface area contributed by atoms with Crippen LogP contribution in [0.15, 0.2) is 22.8 Å². The second-order valence-corrected chi connectivity index (χ2v) is 4.98. The Labute approximate surface area is 103 Å². The summed E-state index contributed by atoms with van der Waals surface area (Å²) in [5.74, 6) is 0.347. The molecule has 0 unspecified atom stereocenters. The van der Waals surface area contributed by atoms with Crippen LogP contribution in [0.4, 0.5) is 0 Å². The molecule has 0 bridgehead atoms. The van der Waals surface area contributed by atoms with Crippen molar-refractivity contribution in [1.82, 2.24) is 0 Å². The van der Waals surface area contributed by atoms with Crippen LogP contribution in [0.25, 0.3) is 0 Å². The van der Waals surface area contributed by atoms with Crippen molar-refractivity contribution in [3.8, 4) is 6.07 Å². The summed E-state index contributed by atoms with van der Waals surface area (Å²) in [5.41, 5.74) is 4.00. The first kappa shape index (κ1) is 12.1. The summed E-state index contributed by atoms with van der Waals surface area (Å²) >= 11 is 0. The second kappa shape index (κ2) is 5.82. The van der Waals surface area contributed by atoms with Crippen LogP contribution in [0.1, 0.15) is 57.8 Å². The Morgan fingerprint density at radius 1 is 0.941 bits per heavy atom. The fourth-order valence-corrected chi connectivity index (χ4v) is 2.90. The fraction of sp³-hybridized carbons (Fsp3) is 0.600. The van der Waals surface area contributed by atoms with E-state index in [0.717, 1.165) is 18.4 Å². The zero-order valence-electron chi connectivity index (χ0n) is 10.3. The number of ketones is 1. The van der Waals surface area contributed by atoms with Crippen molar-refractivity contribution in [2.45, 2.75) is 57.8 Å². The molecule has 2 aliphatic carbocycles. The van der Waals surface area contributed by atoms with E-state index in [1.807, 2.05) is 0 Å². The number of hydrogen-bond acceptors (Lipinski definition) is 2. The summed E-state index contributed by atoms with van der Waals surface area (Å²) in [6.45, 7) is 0. The number of carbonyl (C=O) groups excluding carboxylic acids is 1. The average molecular weight is 229 g/mol. The van der Waals surface area contributed by atoms with Gasteiger partial charge in [-0.1, -0.05) is 12.0 Å². The van der Waals surface area contributed by atoms with Crippen LogP contribution in [0.2, 0.25) is 0 Å². The summed E-state index contributed by atoms with van der Waals surface area (Å²) in [4.78, 5) is 11.5. The highest BCUT2D eigenvalue weighted by Gasteiger charge is 2.19. The summed E-state index contributed by atoms with van der Waals surface area (Å²) < 4.78 is 0. The van der Waals surface area contributed by atoms with E-state index in [0.29, 0.717) is 18.6 Å². The van der Waals surface area contributed by atoms with Crippen molar-refractivity contribution in [3.63, 3.8) is 0 Å². The maximum Gasteiger partial charge on any atom is 0.133 e. The van der Waals surface area contributed by atoms with Gasteiger partial charge in [-0.15, -0.1) is 0 Å². The molecule has 0 radical (unpaired) electrons. The zero-order chi connectivity index (χ0) is 12.1. The summed E-state index contributed by atoms with van der Waals surface area (Å²) in [6, 6.07) is 2.14. The molecule has 2 saturated carbocycles. The number of nitriles is 1. The van der Waals surface area contributed by atoms with Gasteiger partial charge in [0.2, 0.25) is 0 Å². The number of allylic oxidation sites excluding steroid dienone is 4. The first-order valence-electron chi connectivity index (χ1n) is 6.63. The topological polar surface area (TPSA) is 40.9 Å². The minimum Gasteiger partial charge on any atom is -0.300 e. The number of rotatable bonds is 0. The van der Waals surface area contributed by atoms with Crippen LogP contribution in [-0.4, -0.2) is 5.78 Å². The summed E-state index contributed by atoms with van der Waals surface area (Å²) in [7, 11) is 0. The van der Waals surface area contributed by atoms with Crippen molar-refractivity contribution < 1.29 is 4.79 Å². The van der Waals surface area contributed by atoms with Gasteiger partial charge in [-0.3, -0.25) is 4.79 Å². The zero-order valence-corrected chi connectivity index (χ0v) is 10.3. The van der Waals surface area contributed by atoms with Gasteiger partial charge in [0, 0.05) is 18.9 Å². The van der Waals surface area contributed by atoms with Gasteiger partial charge in [0.1, 0.15) is 5.78 Å². The Morgan fingerprint density at radius 2 is 1.65 bits per heavy atom. The molecule has 17 heavy (non-hydrogen) atoms. The molecule has 0 heterocycles. The molecule has 2 nitrogen and oxygen atoms in total. The van der Waals surface area contributed by atoms with E-state index in [9.17, 15) is 4.79 Å². The number of hydrogen-bond donors (Lipinski definition) is 0. The van der Waals surface area contributed by atoms with Crippen molar-refractivity contribution in [3.05, 3.63) is 22.8 Å². The largest absolute Gasteiger partial charge is 0.300 e. The standard InChI is InChI=1S/C15H19NO/c16-11-10-13-6-7-14(17)8-9-15(13)12-4-2-1-3-5-12/h10H,1-9H2/b13-10-. The van der Waals surface area contributed by atoms with Gasteiger partial charge < -0.3 is 0 Å². The maximum absolute atomic E-state index is 11.5. The Morgan fingerprint density at radius 3 is 2.35 bits per heavy atom. The van der Waals surface area contributed by atoms with Gasteiger partial charge in [-0.05, 0) is 49.7 Å².